The van der Waals surface area contributed by atoms with E-state index in [1.165, 1.54) is 28.1 Å². The van der Waals surface area contributed by atoms with Crippen LogP contribution in [0.3, 0.4) is 0 Å². The molecule has 0 bridgehead atoms. The molecule has 0 fully saturated rings. The standard InChI is InChI=1S/C16H23N3S.2BrH/c1-18(2)11-17-10-12-8-9-20-16-15(12)13-6-4-5-7-14(13)19(16)3;;/h4-7,12,17H,8-11H2,1-3H3;2*1H. The quantitative estimate of drug-likeness (QED) is 0.710. The maximum absolute atomic E-state index is 3.58. The second-order valence-electron chi connectivity index (χ2n) is 5.82. The van der Waals surface area contributed by atoms with E-state index in [1.807, 2.05) is 11.8 Å². The molecule has 3 nitrogen and oxygen atoms in total. The minimum absolute atomic E-state index is 0. The molecule has 1 aromatic heterocycles. The molecule has 22 heavy (non-hydrogen) atoms. The van der Waals surface area contributed by atoms with Gasteiger partial charge in [0.2, 0.25) is 0 Å². The van der Waals surface area contributed by atoms with Gasteiger partial charge in [0.1, 0.15) is 0 Å². The van der Waals surface area contributed by atoms with Crippen LogP contribution in [0.4, 0.5) is 0 Å². The molecule has 1 aromatic carbocycles. The van der Waals surface area contributed by atoms with E-state index in [0.717, 1.165) is 13.2 Å². The molecule has 6 heteroatoms. The van der Waals surface area contributed by atoms with E-state index in [4.69, 9.17) is 0 Å². The van der Waals surface area contributed by atoms with Gasteiger partial charge in [-0.15, -0.1) is 45.7 Å². The summed E-state index contributed by atoms with van der Waals surface area (Å²) in [5, 5.41) is 6.48. The molecular formula is C16H25Br2N3S. The molecule has 0 spiro atoms. The van der Waals surface area contributed by atoms with Crippen molar-refractivity contribution in [1.29, 1.82) is 0 Å². The van der Waals surface area contributed by atoms with Gasteiger partial charge in [-0.05, 0) is 32.1 Å². The van der Waals surface area contributed by atoms with Crippen LogP contribution >= 0.6 is 45.7 Å². The molecule has 1 atom stereocenters. The lowest BCUT2D eigenvalue weighted by Gasteiger charge is -2.24. The molecule has 1 aliphatic rings. The van der Waals surface area contributed by atoms with Gasteiger partial charge in [0.05, 0.1) is 5.03 Å². The average molecular weight is 451 g/mol. The minimum Gasteiger partial charge on any atom is -0.339 e. The molecule has 1 unspecified atom stereocenters. The number of nitrogens with one attached hydrogen (secondary N) is 1. The lowest BCUT2D eigenvalue weighted by atomic mass is 9.95. The predicted molar refractivity (Wildman–Crippen MR) is 108 cm³/mol. The number of fused-ring (bicyclic) bond motifs is 3. The van der Waals surface area contributed by atoms with Crippen molar-refractivity contribution in [3.8, 4) is 0 Å². The summed E-state index contributed by atoms with van der Waals surface area (Å²) < 4.78 is 2.37. The van der Waals surface area contributed by atoms with Gasteiger partial charge < -0.3 is 9.88 Å². The van der Waals surface area contributed by atoms with Crippen molar-refractivity contribution in [2.24, 2.45) is 7.05 Å². The van der Waals surface area contributed by atoms with Crippen LogP contribution in [0.5, 0.6) is 0 Å². The molecule has 1 aliphatic heterocycles. The monoisotopic (exact) mass is 449 g/mol. The second kappa shape index (κ2) is 8.73. The zero-order chi connectivity index (χ0) is 14.1. The number of halogens is 2. The fourth-order valence-corrected chi connectivity index (χ4v) is 4.40. The highest BCUT2D eigenvalue weighted by atomic mass is 79.9. The summed E-state index contributed by atoms with van der Waals surface area (Å²) in [6.45, 7) is 2.02. The van der Waals surface area contributed by atoms with Crippen LogP contribution < -0.4 is 5.32 Å². The SMILES string of the molecule is Br.Br.CN(C)CNCC1CCSc2c1c1ccccc1n2C. The number of thioether (sulfide) groups is 1. The second-order valence-corrected chi connectivity index (χ2v) is 6.90. The molecule has 0 aliphatic carbocycles. The van der Waals surface area contributed by atoms with Crippen LogP contribution in [-0.2, 0) is 7.05 Å². The Kier molecular flexibility index (Phi) is 7.95. The van der Waals surface area contributed by atoms with Crippen molar-refractivity contribution in [3.05, 3.63) is 29.8 Å². The first-order chi connectivity index (χ1) is 9.68. The lowest BCUT2D eigenvalue weighted by molar-refractivity contribution is 0.359. The zero-order valence-electron chi connectivity index (χ0n) is 13.3. The smallest absolute Gasteiger partial charge is 0.0792 e. The summed E-state index contributed by atoms with van der Waals surface area (Å²) in [5.41, 5.74) is 2.93. The number of hydrogen-bond acceptors (Lipinski definition) is 3. The van der Waals surface area contributed by atoms with Crippen LogP contribution in [-0.4, -0.2) is 42.5 Å². The number of benzene rings is 1. The Morgan fingerprint density at radius 3 is 2.73 bits per heavy atom. The molecule has 3 rings (SSSR count). The average Bonchev–Trinajstić information content (AvgIpc) is 2.74. The normalized spacial score (nSPS) is 17.0. The van der Waals surface area contributed by atoms with Crippen LogP contribution in [0.25, 0.3) is 10.9 Å². The Bertz CT molecular complexity index is 613. The number of rotatable bonds is 4. The molecular weight excluding hydrogens is 426 g/mol. The van der Waals surface area contributed by atoms with E-state index in [1.54, 1.807) is 5.56 Å². The number of aromatic nitrogens is 1. The van der Waals surface area contributed by atoms with Crippen LogP contribution in [0.1, 0.15) is 17.9 Å². The fourth-order valence-electron chi connectivity index (χ4n) is 3.08. The molecule has 0 saturated heterocycles. The largest absolute Gasteiger partial charge is 0.339 e. The van der Waals surface area contributed by atoms with Gasteiger partial charge in [-0.3, -0.25) is 4.90 Å². The number of hydrogen-bond donors (Lipinski definition) is 1. The van der Waals surface area contributed by atoms with Crippen LogP contribution in [0.2, 0.25) is 0 Å². The van der Waals surface area contributed by atoms with Gasteiger partial charge in [0.25, 0.3) is 0 Å². The highest BCUT2D eigenvalue weighted by Crippen LogP contribution is 2.42. The van der Waals surface area contributed by atoms with Crippen molar-refractivity contribution < 1.29 is 0 Å². The van der Waals surface area contributed by atoms with Crippen molar-refractivity contribution in [2.75, 3.05) is 33.1 Å². The Morgan fingerprint density at radius 2 is 2.00 bits per heavy atom. The highest BCUT2D eigenvalue weighted by molar-refractivity contribution is 8.93. The van der Waals surface area contributed by atoms with E-state index >= 15 is 0 Å². The zero-order valence-corrected chi connectivity index (χ0v) is 17.6. The van der Waals surface area contributed by atoms with Gasteiger partial charge in [-0.2, -0.15) is 0 Å². The number of para-hydroxylation sites is 1. The van der Waals surface area contributed by atoms with E-state index in [0.29, 0.717) is 5.92 Å². The molecule has 1 N–H and O–H groups in total. The van der Waals surface area contributed by atoms with Gasteiger partial charge in [-0.1, -0.05) is 18.2 Å². The summed E-state index contributed by atoms with van der Waals surface area (Å²) in [5.74, 6) is 1.86. The van der Waals surface area contributed by atoms with Gasteiger partial charge in [0, 0.05) is 42.8 Å². The van der Waals surface area contributed by atoms with E-state index in [2.05, 4.69) is 60.2 Å². The summed E-state index contributed by atoms with van der Waals surface area (Å²) in [6, 6.07) is 8.81. The van der Waals surface area contributed by atoms with Crippen molar-refractivity contribution in [2.45, 2.75) is 17.4 Å². The molecule has 124 valence electrons. The van der Waals surface area contributed by atoms with Crippen molar-refractivity contribution in [1.82, 2.24) is 14.8 Å². The topological polar surface area (TPSA) is 20.2 Å². The first-order valence-corrected chi connectivity index (χ1v) is 8.22. The highest BCUT2D eigenvalue weighted by Gasteiger charge is 2.26. The first kappa shape index (κ1) is 20.0. The fraction of sp³-hybridized carbons (Fsp3) is 0.500. The summed E-state index contributed by atoms with van der Waals surface area (Å²) in [7, 11) is 6.41. The van der Waals surface area contributed by atoms with Crippen LogP contribution in [0, 0.1) is 0 Å². The summed E-state index contributed by atoms with van der Waals surface area (Å²) in [6.07, 6.45) is 1.27. The van der Waals surface area contributed by atoms with Gasteiger partial charge in [-0.25, -0.2) is 0 Å². The number of nitrogens with zero attached hydrogens (tertiary/aromatic N) is 2. The molecule has 2 aromatic rings. The predicted octanol–water partition coefficient (Wildman–Crippen LogP) is 4.02. The Morgan fingerprint density at radius 1 is 1.27 bits per heavy atom. The van der Waals surface area contributed by atoms with E-state index < -0.39 is 0 Å². The third-order valence-electron chi connectivity index (χ3n) is 4.02. The van der Waals surface area contributed by atoms with E-state index in [9.17, 15) is 0 Å². The number of aryl methyl sites for hydroxylation is 1. The third kappa shape index (κ3) is 3.90. The molecule has 0 saturated carbocycles. The van der Waals surface area contributed by atoms with Gasteiger partial charge >= 0.3 is 0 Å². The van der Waals surface area contributed by atoms with Crippen LogP contribution in [0.15, 0.2) is 29.3 Å². The van der Waals surface area contributed by atoms with Gasteiger partial charge in [0.15, 0.2) is 0 Å². The maximum atomic E-state index is 3.58. The lowest BCUT2D eigenvalue weighted by Crippen LogP contribution is -2.32. The summed E-state index contributed by atoms with van der Waals surface area (Å²) >= 11 is 2.01. The molecule has 0 amide bonds. The van der Waals surface area contributed by atoms with E-state index in [-0.39, 0.29) is 34.0 Å². The first-order valence-electron chi connectivity index (χ1n) is 7.24. The molecule has 0 radical (unpaired) electrons. The Balaban J connectivity index is 0.00000121. The van der Waals surface area contributed by atoms with Crippen molar-refractivity contribution in [3.63, 3.8) is 0 Å². The third-order valence-corrected chi connectivity index (χ3v) is 5.23. The minimum atomic E-state index is 0. The summed E-state index contributed by atoms with van der Waals surface area (Å²) in [4.78, 5) is 2.18. The maximum Gasteiger partial charge on any atom is 0.0792 e. The van der Waals surface area contributed by atoms with Crippen molar-refractivity contribution >= 4 is 56.6 Å². The molecule has 2 heterocycles. The Labute approximate surface area is 158 Å². The Hall–Kier alpha value is -0.01000.